The van der Waals surface area contributed by atoms with E-state index in [2.05, 4.69) is 24.0 Å². The van der Waals surface area contributed by atoms with Crippen molar-refractivity contribution >= 4 is 12.0 Å². The molecule has 0 saturated carbocycles. The number of pyridine rings is 1. The molecule has 0 aliphatic rings. The minimum atomic E-state index is -0.324. The zero-order valence-electron chi connectivity index (χ0n) is 17.6. The van der Waals surface area contributed by atoms with Crippen LogP contribution in [0.4, 0.5) is 0 Å². The quantitative estimate of drug-likeness (QED) is 0.421. The third-order valence-corrected chi connectivity index (χ3v) is 4.67. The number of ether oxygens (including phenoxy) is 2. The average Bonchev–Trinajstić information content (AvgIpc) is 2.74. The van der Waals surface area contributed by atoms with Gasteiger partial charge in [-0.1, -0.05) is 80.1 Å². The van der Waals surface area contributed by atoms with Gasteiger partial charge in [0.25, 0.3) is 0 Å². The molecular weight excluding hydrogens is 374 g/mol. The van der Waals surface area contributed by atoms with Gasteiger partial charge in [0.15, 0.2) is 0 Å². The second-order valence-electron chi connectivity index (χ2n) is 7.53. The maximum absolute atomic E-state index is 12.7. The van der Waals surface area contributed by atoms with E-state index in [-0.39, 0.29) is 24.4 Å². The SMILES string of the molecule is Cc1ccc(/C=C/C(C(=O)OCc2cccc(Oc3ccccc3)n2)C(C)C)cc1. The Hall–Kier alpha value is -3.40. The summed E-state index contributed by atoms with van der Waals surface area (Å²) in [5, 5.41) is 0. The zero-order valence-corrected chi connectivity index (χ0v) is 17.6. The number of para-hydroxylation sites is 1. The number of esters is 1. The summed E-state index contributed by atoms with van der Waals surface area (Å²) in [5.41, 5.74) is 2.91. The minimum absolute atomic E-state index is 0.104. The summed E-state index contributed by atoms with van der Waals surface area (Å²) in [6.07, 6.45) is 3.89. The van der Waals surface area contributed by atoms with E-state index in [4.69, 9.17) is 9.47 Å². The molecule has 3 rings (SSSR count). The minimum Gasteiger partial charge on any atom is -0.459 e. The van der Waals surface area contributed by atoms with Crippen LogP contribution in [0.5, 0.6) is 11.6 Å². The third kappa shape index (κ3) is 6.31. The van der Waals surface area contributed by atoms with Crippen LogP contribution in [-0.4, -0.2) is 11.0 Å². The lowest BCUT2D eigenvalue weighted by Crippen LogP contribution is -2.21. The van der Waals surface area contributed by atoms with Gasteiger partial charge in [0, 0.05) is 6.07 Å². The van der Waals surface area contributed by atoms with Crippen LogP contribution < -0.4 is 4.74 Å². The van der Waals surface area contributed by atoms with E-state index in [9.17, 15) is 4.79 Å². The van der Waals surface area contributed by atoms with Crippen molar-refractivity contribution in [1.82, 2.24) is 4.98 Å². The van der Waals surface area contributed by atoms with Crippen molar-refractivity contribution in [2.75, 3.05) is 0 Å². The monoisotopic (exact) mass is 401 g/mol. The van der Waals surface area contributed by atoms with Crippen molar-refractivity contribution in [2.24, 2.45) is 11.8 Å². The van der Waals surface area contributed by atoms with E-state index < -0.39 is 0 Å². The summed E-state index contributed by atoms with van der Waals surface area (Å²) in [6, 6.07) is 23.1. The number of carbonyl (C=O) groups excluding carboxylic acids is 1. The van der Waals surface area contributed by atoms with Crippen LogP contribution in [-0.2, 0) is 16.1 Å². The summed E-state index contributed by atoms with van der Waals surface area (Å²) in [5.74, 6) is 0.717. The average molecular weight is 402 g/mol. The molecular formula is C26H27NO3. The first-order valence-electron chi connectivity index (χ1n) is 10.1. The maximum Gasteiger partial charge on any atom is 0.313 e. The number of hydrogen-bond donors (Lipinski definition) is 0. The van der Waals surface area contributed by atoms with Crippen molar-refractivity contribution in [1.29, 1.82) is 0 Å². The molecule has 30 heavy (non-hydrogen) atoms. The zero-order chi connectivity index (χ0) is 21.3. The highest BCUT2D eigenvalue weighted by Crippen LogP contribution is 2.20. The molecule has 0 aliphatic carbocycles. The molecule has 0 bridgehead atoms. The smallest absolute Gasteiger partial charge is 0.313 e. The third-order valence-electron chi connectivity index (χ3n) is 4.67. The molecule has 1 atom stereocenters. The largest absolute Gasteiger partial charge is 0.459 e. The molecule has 1 aromatic heterocycles. The number of benzene rings is 2. The Labute approximate surface area is 178 Å². The van der Waals surface area contributed by atoms with Gasteiger partial charge >= 0.3 is 5.97 Å². The fraction of sp³-hybridized carbons (Fsp3) is 0.231. The summed E-state index contributed by atoms with van der Waals surface area (Å²) >= 11 is 0. The van der Waals surface area contributed by atoms with Crippen molar-refractivity contribution in [3.63, 3.8) is 0 Å². The van der Waals surface area contributed by atoms with Crippen LogP contribution in [0.3, 0.4) is 0 Å². The van der Waals surface area contributed by atoms with E-state index >= 15 is 0 Å². The predicted octanol–water partition coefficient (Wildman–Crippen LogP) is 6.21. The molecule has 0 saturated heterocycles. The van der Waals surface area contributed by atoms with Crippen LogP contribution >= 0.6 is 0 Å². The highest BCUT2D eigenvalue weighted by atomic mass is 16.5. The lowest BCUT2D eigenvalue weighted by molar-refractivity contribution is -0.149. The van der Waals surface area contributed by atoms with Gasteiger partial charge in [-0.25, -0.2) is 4.98 Å². The Kier molecular flexibility index (Phi) is 7.39. The van der Waals surface area contributed by atoms with Gasteiger partial charge in [-0.05, 0) is 36.6 Å². The first kappa shape index (κ1) is 21.3. The topological polar surface area (TPSA) is 48.4 Å². The van der Waals surface area contributed by atoms with Gasteiger partial charge < -0.3 is 9.47 Å². The second kappa shape index (κ2) is 10.4. The molecule has 2 aromatic carbocycles. The van der Waals surface area contributed by atoms with E-state index in [0.29, 0.717) is 17.3 Å². The van der Waals surface area contributed by atoms with E-state index in [0.717, 1.165) is 5.56 Å². The lowest BCUT2D eigenvalue weighted by Gasteiger charge is -2.16. The second-order valence-corrected chi connectivity index (χ2v) is 7.53. The first-order chi connectivity index (χ1) is 14.5. The Balaban J connectivity index is 1.61. The molecule has 0 amide bonds. The number of nitrogens with zero attached hydrogens (tertiary/aromatic N) is 1. The molecule has 154 valence electrons. The number of rotatable bonds is 8. The Morgan fingerprint density at radius 2 is 1.70 bits per heavy atom. The van der Waals surface area contributed by atoms with Gasteiger partial charge in [-0.15, -0.1) is 0 Å². The fourth-order valence-electron chi connectivity index (χ4n) is 2.91. The summed E-state index contributed by atoms with van der Waals surface area (Å²) < 4.78 is 11.3. The molecule has 4 nitrogen and oxygen atoms in total. The Morgan fingerprint density at radius 1 is 0.967 bits per heavy atom. The standard InChI is InChI=1S/C26H27NO3/c1-19(2)24(17-16-21-14-12-20(3)13-15-21)26(28)29-18-22-8-7-11-25(27-22)30-23-9-5-4-6-10-23/h4-17,19,24H,18H2,1-3H3/b17-16+. The molecule has 0 spiro atoms. The fourth-order valence-corrected chi connectivity index (χ4v) is 2.91. The maximum atomic E-state index is 12.7. The lowest BCUT2D eigenvalue weighted by atomic mass is 9.94. The van der Waals surface area contributed by atoms with Gasteiger partial charge in [-0.3, -0.25) is 4.79 Å². The summed E-state index contributed by atoms with van der Waals surface area (Å²) in [7, 11) is 0. The van der Waals surface area contributed by atoms with E-state index in [1.165, 1.54) is 5.56 Å². The number of carbonyl (C=O) groups is 1. The molecule has 4 heteroatoms. The molecule has 0 fully saturated rings. The van der Waals surface area contributed by atoms with Crippen molar-refractivity contribution in [3.8, 4) is 11.6 Å². The molecule has 0 aliphatic heterocycles. The molecule has 1 unspecified atom stereocenters. The van der Waals surface area contributed by atoms with Crippen LogP contribution in [0.15, 0.2) is 78.9 Å². The molecule has 1 heterocycles. The van der Waals surface area contributed by atoms with Gasteiger partial charge in [0.2, 0.25) is 5.88 Å². The van der Waals surface area contributed by atoms with Crippen molar-refractivity contribution in [3.05, 3.63) is 95.7 Å². The van der Waals surface area contributed by atoms with Crippen molar-refractivity contribution in [2.45, 2.75) is 27.4 Å². The van der Waals surface area contributed by atoms with Gasteiger partial charge in [-0.2, -0.15) is 0 Å². The summed E-state index contributed by atoms with van der Waals surface area (Å²) in [6.45, 7) is 6.18. The normalized spacial score (nSPS) is 12.1. The van der Waals surface area contributed by atoms with Gasteiger partial charge in [0.05, 0.1) is 11.6 Å². The van der Waals surface area contributed by atoms with E-state index in [1.54, 1.807) is 6.07 Å². The van der Waals surface area contributed by atoms with Gasteiger partial charge in [0.1, 0.15) is 12.4 Å². The Morgan fingerprint density at radius 3 is 2.40 bits per heavy atom. The van der Waals surface area contributed by atoms with Crippen LogP contribution in [0.25, 0.3) is 6.08 Å². The highest BCUT2D eigenvalue weighted by molar-refractivity contribution is 5.76. The molecule has 3 aromatic rings. The Bertz CT molecular complexity index is 979. The summed E-state index contributed by atoms with van der Waals surface area (Å²) in [4.78, 5) is 17.1. The molecule has 0 N–H and O–H groups in total. The number of aryl methyl sites for hydroxylation is 1. The van der Waals surface area contributed by atoms with Crippen LogP contribution in [0.2, 0.25) is 0 Å². The van der Waals surface area contributed by atoms with Crippen LogP contribution in [0, 0.1) is 18.8 Å². The number of aromatic nitrogens is 1. The first-order valence-corrected chi connectivity index (χ1v) is 10.1. The van der Waals surface area contributed by atoms with E-state index in [1.807, 2.05) is 80.6 Å². The highest BCUT2D eigenvalue weighted by Gasteiger charge is 2.21. The molecule has 0 radical (unpaired) electrons. The predicted molar refractivity (Wildman–Crippen MR) is 119 cm³/mol. The number of hydrogen-bond acceptors (Lipinski definition) is 4. The van der Waals surface area contributed by atoms with Crippen LogP contribution in [0.1, 0.15) is 30.7 Å². The van der Waals surface area contributed by atoms with Crippen molar-refractivity contribution < 1.29 is 14.3 Å².